The second-order valence-electron chi connectivity index (χ2n) is 4.56. The number of hydrogen-bond acceptors (Lipinski definition) is 8. The molecule has 1 atom stereocenters. The van der Waals surface area contributed by atoms with Crippen LogP contribution >= 0.6 is 57.9 Å². The lowest BCUT2D eigenvalue weighted by Gasteiger charge is -2.14. The molecule has 1 aromatic heterocycles. The van der Waals surface area contributed by atoms with E-state index in [1.54, 1.807) is 0 Å². The van der Waals surface area contributed by atoms with Crippen molar-refractivity contribution in [3.8, 4) is 0 Å². The maximum Gasteiger partial charge on any atom is 0.317 e. The molecule has 3 N–H and O–H groups in total. The highest BCUT2D eigenvalue weighted by Crippen LogP contribution is 2.32. The number of thioether (sulfide) groups is 1. The van der Waals surface area contributed by atoms with Crippen LogP contribution < -0.4 is 11.1 Å². The van der Waals surface area contributed by atoms with Gasteiger partial charge in [0.2, 0.25) is 5.13 Å². The first-order valence-electron chi connectivity index (χ1n) is 6.63. The average molecular weight is 442 g/mol. The van der Waals surface area contributed by atoms with Crippen molar-refractivity contribution >= 4 is 80.6 Å². The topological polar surface area (TPSA) is 107 Å². The Morgan fingerprint density at radius 2 is 1.96 bits per heavy atom. The molecule has 0 aliphatic heterocycles. The van der Waals surface area contributed by atoms with Crippen LogP contribution in [0.3, 0.4) is 0 Å². The third-order valence-corrected chi connectivity index (χ3v) is 5.57. The maximum absolute atomic E-state index is 12.1. The van der Waals surface area contributed by atoms with Gasteiger partial charge in [-0.3, -0.25) is 9.59 Å². The number of aromatic nitrogens is 2. The van der Waals surface area contributed by atoms with E-state index in [9.17, 15) is 9.59 Å². The van der Waals surface area contributed by atoms with Gasteiger partial charge in [0.05, 0.1) is 26.5 Å². The third-order valence-electron chi connectivity index (χ3n) is 2.68. The zero-order valence-corrected chi connectivity index (χ0v) is 16.5. The zero-order chi connectivity index (χ0) is 18.6. The van der Waals surface area contributed by atoms with Crippen molar-refractivity contribution < 1.29 is 14.3 Å². The van der Waals surface area contributed by atoms with Crippen LogP contribution in [0.1, 0.15) is 6.92 Å². The highest BCUT2D eigenvalue weighted by molar-refractivity contribution is 8.01. The molecule has 0 aliphatic rings. The Hall–Kier alpha value is -1.26. The van der Waals surface area contributed by atoms with Gasteiger partial charge in [-0.25, -0.2) is 0 Å². The van der Waals surface area contributed by atoms with Crippen LogP contribution in [0.5, 0.6) is 0 Å². The number of amides is 1. The highest BCUT2D eigenvalue weighted by atomic mass is 35.5. The Morgan fingerprint density at radius 3 is 2.60 bits per heavy atom. The Morgan fingerprint density at radius 1 is 1.28 bits per heavy atom. The lowest BCUT2D eigenvalue weighted by atomic mass is 10.3. The summed E-state index contributed by atoms with van der Waals surface area (Å²) in [6.45, 7) is 1.44. The van der Waals surface area contributed by atoms with E-state index >= 15 is 0 Å². The van der Waals surface area contributed by atoms with Crippen molar-refractivity contribution in [2.45, 2.75) is 17.4 Å². The van der Waals surface area contributed by atoms with Crippen LogP contribution in [-0.4, -0.2) is 33.9 Å². The average Bonchev–Trinajstić information content (AvgIpc) is 2.96. The van der Waals surface area contributed by atoms with Gasteiger partial charge in [0.15, 0.2) is 10.4 Å². The van der Waals surface area contributed by atoms with Gasteiger partial charge in [0.1, 0.15) is 0 Å². The number of nitrogens with one attached hydrogen (secondary N) is 1. The number of nitrogens with zero attached hydrogens (tertiary/aromatic N) is 2. The summed E-state index contributed by atoms with van der Waals surface area (Å²) in [4.78, 5) is 23.9. The summed E-state index contributed by atoms with van der Waals surface area (Å²) in [5.74, 6) is -1.17. The van der Waals surface area contributed by atoms with Gasteiger partial charge in [-0.15, -0.1) is 10.2 Å². The van der Waals surface area contributed by atoms with Gasteiger partial charge in [0.25, 0.3) is 5.91 Å². The summed E-state index contributed by atoms with van der Waals surface area (Å²) >= 11 is 20.0. The number of anilines is 2. The molecule has 2 rings (SSSR count). The summed E-state index contributed by atoms with van der Waals surface area (Å²) in [7, 11) is 0. The molecule has 1 aromatic carbocycles. The van der Waals surface area contributed by atoms with E-state index in [4.69, 9.17) is 45.3 Å². The Labute approximate surface area is 166 Å². The Balaban J connectivity index is 1.87. The molecule has 0 spiro atoms. The van der Waals surface area contributed by atoms with Crippen molar-refractivity contribution in [3.63, 3.8) is 0 Å². The minimum absolute atomic E-state index is 0.0280. The standard InChI is InChI=1S/C13H11Cl3N4O3S2/c1-5(23-10(21)4-24-13-20-19-12(17)25-13)11(22)18-9-3-7(15)6(14)2-8(9)16/h2-3,5H,4H2,1H3,(H2,17,19)(H,18,22). The fraction of sp³-hybridized carbons (Fsp3) is 0.231. The Bertz CT molecular complexity index is 803. The van der Waals surface area contributed by atoms with Crippen LogP contribution in [0.25, 0.3) is 0 Å². The molecule has 1 heterocycles. The van der Waals surface area contributed by atoms with E-state index in [0.29, 0.717) is 9.47 Å². The summed E-state index contributed by atoms with van der Waals surface area (Å²) < 4.78 is 5.59. The number of hydrogen-bond donors (Lipinski definition) is 2. The fourth-order valence-electron chi connectivity index (χ4n) is 1.54. The minimum Gasteiger partial charge on any atom is -0.452 e. The predicted octanol–water partition coefficient (Wildman–Crippen LogP) is 3.74. The first kappa shape index (κ1) is 20.1. The summed E-state index contributed by atoms with van der Waals surface area (Å²) in [6, 6.07) is 2.82. The quantitative estimate of drug-likeness (QED) is 0.399. The first-order chi connectivity index (χ1) is 11.8. The normalized spacial score (nSPS) is 11.8. The van der Waals surface area contributed by atoms with Crippen molar-refractivity contribution in [2.24, 2.45) is 0 Å². The SMILES string of the molecule is CC(OC(=O)CSc1nnc(N)s1)C(=O)Nc1cc(Cl)c(Cl)cc1Cl. The molecule has 25 heavy (non-hydrogen) atoms. The number of benzene rings is 1. The molecule has 0 bridgehead atoms. The van der Waals surface area contributed by atoms with Crippen LogP contribution in [0.2, 0.25) is 15.1 Å². The molecular weight excluding hydrogens is 431 g/mol. The second-order valence-corrected chi connectivity index (χ2v) is 8.02. The number of carbonyl (C=O) groups excluding carboxylic acids is 2. The molecule has 1 unspecified atom stereocenters. The van der Waals surface area contributed by atoms with Gasteiger partial charge in [0, 0.05) is 0 Å². The lowest BCUT2D eigenvalue weighted by Crippen LogP contribution is -2.30. The van der Waals surface area contributed by atoms with Gasteiger partial charge in [-0.05, 0) is 19.1 Å². The second kappa shape index (κ2) is 8.91. The van der Waals surface area contributed by atoms with Crippen LogP contribution in [0.15, 0.2) is 16.5 Å². The minimum atomic E-state index is -1.03. The molecule has 1 amide bonds. The van der Waals surface area contributed by atoms with Crippen molar-refractivity contribution in [3.05, 3.63) is 27.2 Å². The number of ether oxygens (including phenoxy) is 1. The number of nitrogen functional groups attached to an aromatic ring is 1. The fourth-order valence-corrected chi connectivity index (χ4v) is 3.55. The number of halogens is 3. The monoisotopic (exact) mass is 440 g/mol. The summed E-state index contributed by atoms with van der Waals surface area (Å²) in [5, 5.41) is 10.9. The van der Waals surface area contributed by atoms with Gasteiger partial charge in [-0.2, -0.15) is 0 Å². The van der Waals surface area contributed by atoms with E-state index in [1.807, 2.05) is 0 Å². The predicted molar refractivity (Wildman–Crippen MR) is 101 cm³/mol. The van der Waals surface area contributed by atoms with E-state index in [1.165, 1.54) is 19.1 Å². The molecule has 0 saturated carbocycles. The van der Waals surface area contributed by atoms with Crippen LogP contribution in [-0.2, 0) is 14.3 Å². The molecule has 2 aromatic rings. The lowest BCUT2D eigenvalue weighted by molar-refractivity contribution is -0.150. The molecule has 0 saturated heterocycles. The van der Waals surface area contributed by atoms with E-state index in [0.717, 1.165) is 23.1 Å². The first-order valence-corrected chi connectivity index (χ1v) is 9.56. The van der Waals surface area contributed by atoms with E-state index < -0.39 is 18.0 Å². The third kappa shape index (κ3) is 5.89. The summed E-state index contributed by atoms with van der Waals surface area (Å²) in [5.41, 5.74) is 5.71. The van der Waals surface area contributed by atoms with Crippen molar-refractivity contribution in [1.29, 1.82) is 0 Å². The smallest absolute Gasteiger partial charge is 0.317 e. The van der Waals surface area contributed by atoms with Crippen LogP contribution in [0.4, 0.5) is 10.8 Å². The van der Waals surface area contributed by atoms with Gasteiger partial charge in [-0.1, -0.05) is 57.9 Å². The van der Waals surface area contributed by atoms with Crippen molar-refractivity contribution in [1.82, 2.24) is 10.2 Å². The van der Waals surface area contributed by atoms with Gasteiger partial charge >= 0.3 is 5.97 Å². The number of nitrogens with two attached hydrogens (primary N) is 1. The molecule has 12 heteroatoms. The number of carbonyl (C=O) groups is 2. The largest absolute Gasteiger partial charge is 0.452 e. The van der Waals surface area contributed by atoms with Crippen molar-refractivity contribution in [2.75, 3.05) is 16.8 Å². The van der Waals surface area contributed by atoms with Gasteiger partial charge < -0.3 is 15.8 Å². The molecule has 0 radical (unpaired) electrons. The summed E-state index contributed by atoms with van der Waals surface area (Å²) in [6.07, 6.45) is -1.03. The number of esters is 1. The highest BCUT2D eigenvalue weighted by Gasteiger charge is 2.20. The molecule has 0 aliphatic carbocycles. The Kier molecular flexibility index (Phi) is 7.14. The molecule has 7 nitrogen and oxygen atoms in total. The van der Waals surface area contributed by atoms with E-state index in [-0.39, 0.29) is 26.5 Å². The maximum atomic E-state index is 12.1. The molecule has 134 valence electrons. The molecule has 0 fully saturated rings. The van der Waals surface area contributed by atoms with E-state index in [2.05, 4.69) is 15.5 Å². The number of rotatable bonds is 6. The molecular formula is C13H11Cl3N4O3S2. The zero-order valence-electron chi connectivity index (χ0n) is 12.6. The van der Waals surface area contributed by atoms with Crippen LogP contribution in [0, 0.1) is 0 Å².